The van der Waals surface area contributed by atoms with Gasteiger partial charge in [0.25, 0.3) is 5.91 Å². The molecule has 2 aliphatic heterocycles. The summed E-state index contributed by atoms with van der Waals surface area (Å²) in [5, 5.41) is 10.2. The van der Waals surface area contributed by atoms with Crippen LogP contribution in [0.1, 0.15) is 95.2 Å². The molecule has 64 heavy (non-hydrogen) atoms. The third kappa shape index (κ3) is 6.23. The summed E-state index contributed by atoms with van der Waals surface area (Å²) in [5.41, 5.74) is 4.67. The molecule has 2 aliphatic carbocycles. The van der Waals surface area contributed by atoms with E-state index in [-0.39, 0.29) is 17.1 Å². The van der Waals surface area contributed by atoms with E-state index in [0.717, 1.165) is 42.8 Å². The minimum Gasteiger partial charge on any atom is -0.381 e. The van der Waals surface area contributed by atoms with Gasteiger partial charge in [-0.25, -0.2) is 27.1 Å². The first kappa shape index (κ1) is 40.3. The lowest BCUT2D eigenvalue weighted by molar-refractivity contribution is 0.0663. The van der Waals surface area contributed by atoms with E-state index in [1.165, 1.54) is 14.7 Å². The van der Waals surface area contributed by atoms with Crippen molar-refractivity contribution in [1.82, 2.24) is 38.5 Å². The highest BCUT2D eigenvalue weighted by Gasteiger charge is 2.78. The van der Waals surface area contributed by atoms with Gasteiger partial charge in [0.05, 0.1) is 29.4 Å². The summed E-state index contributed by atoms with van der Waals surface area (Å²) in [6, 6.07) is 17.6. The Morgan fingerprint density at radius 1 is 0.953 bits per heavy atom. The normalized spacial score (nSPS) is 20.5. The van der Waals surface area contributed by atoms with Gasteiger partial charge < -0.3 is 14.2 Å². The minimum atomic E-state index is -3.51. The standard InChI is InChI=1S/C46H46FN9O7S/c1-26-21-34(22-27(2)39(26)47)56-40(54-18-17-53(44(54)59)33-8-6-32(7-9-33)51-64(4,60)61)38-28(3)52(16-11-35(38)49-56)41(57)37-24-31-23-30(29-12-19-62-20-13-29)5-10-36(31)55(37)46(25-45(46)14-15-45)42-48-43(58)63-50-42/h5-10,17-18,21-24,28-29,51H,11-16,19-20,25H2,1-4H3,(H,48,50,58)/t28-,46+/m0/s1. The number of imidazole rings is 1. The van der Waals surface area contributed by atoms with Gasteiger partial charge in [0.15, 0.2) is 5.82 Å². The number of nitrogens with one attached hydrogen (secondary N) is 2. The number of carbonyl (C=O) groups excluding carboxylic acids is 1. The van der Waals surface area contributed by atoms with Gasteiger partial charge in [-0.15, -0.1) is 0 Å². The fraction of sp³-hybridized carbons (Fsp3) is 0.370. The van der Waals surface area contributed by atoms with Crippen LogP contribution in [0.25, 0.3) is 28.1 Å². The van der Waals surface area contributed by atoms with Gasteiger partial charge in [-0.05, 0) is 130 Å². The average Bonchev–Trinajstić information content (AvgIpc) is 3.81. The number of anilines is 1. The molecule has 2 atom stereocenters. The fourth-order valence-corrected chi connectivity index (χ4v) is 11.2. The predicted octanol–water partition coefficient (Wildman–Crippen LogP) is 6.15. The number of H-pyrrole nitrogens is 1. The molecule has 1 saturated heterocycles. The number of halogens is 1. The van der Waals surface area contributed by atoms with Crippen molar-refractivity contribution in [1.29, 1.82) is 0 Å². The molecular weight excluding hydrogens is 842 g/mol. The van der Waals surface area contributed by atoms with Crippen LogP contribution in [0.5, 0.6) is 0 Å². The average molecular weight is 888 g/mol. The summed E-state index contributed by atoms with van der Waals surface area (Å²) in [6.45, 7) is 7.01. The molecule has 1 amide bonds. The van der Waals surface area contributed by atoms with Crippen molar-refractivity contribution >= 4 is 32.5 Å². The van der Waals surface area contributed by atoms with Crippen molar-refractivity contribution < 1.29 is 26.9 Å². The third-order valence-electron chi connectivity index (χ3n) is 14.0. The SMILES string of the molecule is Cc1cc(-n2nc3c(c2-n2ccn(-c4ccc(NS(C)(=O)=O)cc4)c2=O)[C@H](C)N(C(=O)c2cc4cc(C5CCOCC5)ccc4n2[C@@]2(c4noc(=O)[nH]4)CC24CC4)CC3)cc(C)c1F. The quantitative estimate of drug-likeness (QED) is 0.172. The van der Waals surface area contributed by atoms with Gasteiger partial charge in [-0.1, -0.05) is 11.2 Å². The Hall–Kier alpha value is -6.53. The number of aryl methyl sites for hydroxylation is 2. The molecule has 4 aliphatic rings. The number of benzene rings is 3. The van der Waals surface area contributed by atoms with Crippen LogP contribution < -0.4 is 16.2 Å². The number of ether oxygens (including phenoxy) is 1. The monoisotopic (exact) mass is 887 g/mol. The molecule has 0 radical (unpaired) electrons. The largest absolute Gasteiger partial charge is 0.438 e. The van der Waals surface area contributed by atoms with Crippen molar-refractivity contribution in [3.63, 3.8) is 0 Å². The van der Waals surface area contributed by atoms with E-state index in [0.29, 0.717) is 95.3 Å². The number of fused-ring (bicyclic) bond motifs is 2. The Morgan fingerprint density at radius 2 is 1.67 bits per heavy atom. The maximum Gasteiger partial charge on any atom is 0.438 e. The number of aromatic nitrogens is 7. The zero-order valence-corrected chi connectivity index (χ0v) is 36.5. The molecule has 0 unspecified atom stereocenters. The summed E-state index contributed by atoms with van der Waals surface area (Å²) in [6.07, 6.45) is 9.03. The second-order valence-electron chi connectivity index (χ2n) is 18.0. The van der Waals surface area contributed by atoms with Gasteiger partial charge in [0.2, 0.25) is 10.0 Å². The highest BCUT2D eigenvalue weighted by atomic mass is 32.2. The Morgan fingerprint density at radius 3 is 2.33 bits per heavy atom. The number of nitrogens with zero attached hydrogens (tertiary/aromatic N) is 7. The Labute approximate surface area is 366 Å². The summed E-state index contributed by atoms with van der Waals surface area (Å²) >= 11 is 0. The molecule has 3 fully saturated rings. The molecule has 16 nitrogen and oxygen atoms in total. The maximum atomic E-state index is 15.5. The van der Waals surface area contributed by atoms with Gasteiger partial charge >= 0.3 is 11.4 Å². The number of amides is 1. The molecule has 7 aromatic rings. The van der Waals surface area contributed by atoms with Crippen LogP contribution in [0.3, 0.4) is 0 Å². The van der Waals surface area contributed by atoms with Crippen molar-refractivity contribution in [2.45, 2.75) is 76.8 Å². The lowest BCUT2D eigenvalue weighted by atomic mass is 9.91. The van der Waals surface area contributed by atoms with E-state index in [2.05, 4.69) is 37.6 Å². The van der Waals surface area contributed by atoms with Crippen LogP contribution in [0.2, 0.25) is 0 Å². The van der Waals surface area contributed by atoms with Crippen molar-refractivity contribution in [2.24, 2.45) is 5.41 Å². The summed E-state index contributed by atoms with van der Waals surface area (Å²) in [7, 11) is -3.51. The number of sulfonamides is 1. The van der Waals surface area contributed by atoms with E-state index in [1.807, 2.05) is 17.9 Å². The predicted molar refractivity (Wildman–Crippen MR) is 235 cm³/mol. The molecule has 3 aromatic carbocycles. The van der Waals surface area contributed by atoms with E-state index in [9.17, 15) is 18.0 Å². The van der Waals surface area contributed by atoms with Crippen molar-refractivity contribution in [3.8, 4) is 17.2 Å². The Bertz CT molecular complexity index is 3270. The lowest BCUT2D eigenvalue weighted by Crippen LogP contribution is -2.41. The maximum absolute atomic E-state index is 15.5. The van der Waals surface area contributed by atoms with E-state index >= 15 is 9.18 Å². The zero-order valence-electron chi connectivity index (χ0n) is 35.7. The van der Waals surface area contributed by atoms with Crippen LogP contribution in [-0.4, -0.2) is 78.9 Å². The zero-order chi connectivity index (χ0) is 44.4. The van der Waals surface area contributed by atoms with Gasteiger partial charge in [0, 0.05) is 66.1 Å². The van der Waals surface area contributed by atoms with Gasteiger partial charge in [-0.2, -0.15) is 5.10 Å². The first-order valence-corrected chi connectivity index (χ1v) is 23.4. The highest BCUT2D eigenvalue weighted by molar-refractivity contribution is 7.92. The third-order valence-corrected chi connectivity index (χ3v) is 14.6. The molecule has 0 bridgehead atoms. The number of aromatic amines is 1. The summed E-state index contributed by atoms with van der Waals surface area (Å²) < 4.78 is 58.7. The molecule has 18 heteroatoms. The van der Waals surface area contributed by atoms with Crippen LogP contribution in [0.15, 0.2) is 87.2 Å². The number of hydrogen-bond donors (Lipinski definition) is 2. The summed E-state index contributed by atoms with van der Waals surface area (Å²) in [4.78, 5) is 47.3. The Kier molecular flexibility index (Phi) is 8.96. The first-order chi connectivity index (χ1) is 30.7. The summed E-state index contributed by atoms with van der Waals surface area (Å²) in [5.74, 6) is -0.0762. The van der Waals surface area contributed by atoms with E-state index < -0.39 is 33.0 Å². The minimum absolute atomic E-state index is 0.174. The van der Waals surface area contributed by atoms with Gasteiger partial charge in [-0.3, -0.25) is 28.2 Å². The fourth-order valence-electron chi connectivity index (χ4n) is 10.6. The topological polar surface area (TPSA) is 184 Å². The number of hydrogen-bond acceptors (Lipinski definition) is 9. The van der Waals surface area contributed by atoms with Crippen molar-refractivity contribution in [3.05, 3.63) is 139 Å². The number of rotatable bonds is 9. The molecule has 1 spiro atoms. The molecule has 11 rings (SSSR count). The first-order valence-electron chi connectivity index (χ1n) is 21.5. The number of carbonyl (C=O) groups is 1. The molecule has 2 N–H and O–H groups in total. The van der Waals surface area contributed by atoms with E-state index in [4.69, 9.17) is 14.4 Å². The van der Waals surface area contributed by atoms with Crippen LogP contribution in [0.4, 0.5) is 10.1 Å². The molecule has 6 heterocycles. The van der Waals surface area contributed by atoms with Crippen LogP contribution in [0, 0.1) is 25.1 Å². The molecule has 4 aromatic heterocycles. The second kappa shape index (κ2) is 14.2. The molecule has 2 saturated carbocycles. The lowest BCUT2D eigenvalue weighted by Gasteiger charge is -2.34. The Balaban J connectivity index is 1.04. The van der Waals surface area contributed by atoms with Gasteiger partial charge in [0.1, 0.15) is 22.9 Å². The van der Waals surface area contributed by atoms with Crippen molar-refractivity contribution in [2.75, 3.05) is 30.7 Å². The van der Waals surface area contributed by atoms with Crippen LogP contribution in [-0.2, 0) is 26.7 Å². The smallest absolute Gasteiger partial charge is 0.381 e. The molecular formula is C46H46FN9O7S. The van der Waals surface area contributed by atoms with E-state index in [1.54, 1.807) is 67.3 Å². The highest BCUT2D eigenvalue weighted by Crippen LogP contribution is 2.79. The molecule has 330 valence electrons. The second-order valence-corrected chi connectivity index (χ2v) is 19.7. The van der Waals surface area contributed by atoms with Crippen LogP contribution >= 0.6 is 0 Å².